The van der Waals surface area contributed by atoms with E-state index in [1.54, 1.807) is 13.8 Å². The van der Waals surface area contributed by atoms with E-state index in [4.69, 9.17) is 23.4 Å². The maximum atomic E-state index is 11.6. The van der Waals surface area contributed by atoms with Crippen molar-refractivity contribution in [3.63, 3.8) is 0 Å². The van der Waals surface area contributed by atoms with Gasteiger partial charge in [0.25, 0.3) is 0 Å². The molecule has 0 saturated carbocycles. The van der Waals surface area contributed by atoms with E-state index in [1.807, 2.05) is 0 Å². The molecule has 2 aliphatic heterocycles. The molecular formula is C16H30O7Si. The summed E-state index contributed by atoms with van der Waals surface area (Å²) in [7, 11) is -0.678. The molecule has 0 aromatic heterocycles. The van der Waals surface area contributed by atoms with Gasteiger partial charge in [0.15, 0.2) is 32.6 Å². The highest BCUT2D eigenvalue weighted by molar-refractivity contribution is 6.74. The third-order valence-corrected chi connectivity index (χ3v) is 9.40. The first-order chi connectivity index (χ1) is 10.9. The number of carbonyl (C=O) groups excluding carboxylic acids is 1. The number of ether oxygens (including phenoxy) is 5. The zero-order chi connectivity index (χ0) is 18.3. The van der Waals surface area contributed by atoms with Gasteiger partial charge in [0.05, 0.1) is 13.7 Å². The van der Waals surface area contributed by atoms with E-state index >= 15 is 0 Å². The van der Waals surface area contributed by atoms with Gasteiger partial charge in [0.2, 0.25) is 0 Å². The second kappa shape index (κ2) is 6.57. The van der Waals surface area contributed by atoms with Gasteiger partial charge >= 0.3 is 6.16 Å². The van der Waals surface area contributed by atoms with Crippen LogP contribution in [0.15, 0.2) is 0 Å². The lowest BCUT2D eigenvalue weighted by atomic mass is 10.1. The van der Waals surface area contributed by atoms with Crippen molar-refractivity contribution in [3.8, 4) is 0 Å². The quantitative estimate of drug-likeness (QED) is 0.562. The molecule has 0 radical (unpaired) electrons. The smallest absolute Gasteiger partial charge is 0.438 e. The molecule has 7 nitrogen and oxygen atoms in total. The number of hydrogen-bond acceptors (Lipinski definition) is 7. The monoisotopic (exact) mass is 362 g/mol. The molecular weight excluding hydrogens is 332 g/mol. The molecule has 0 aromatic rings. The van der Waals surface area contributed by atoms with Crippen LogP contribution in [-0.4, -0.2) is 58.6 Å². The van der Waals surface area contributed by atoms with Gasteiger partial charge < -0.3 is 28.1 Å². The van der Waals surface area contributed by atoms with Crippen LogP contribution in [-0.2, 0) is 28.1 Å². The molecule has 0 aromatic carbocycles. The van der Waals surface area contributed by atoms with Crippen molar-refractivity contribution in [2.45, 2.75) is 83.1 Å². The fraction of sp³-hybridized carbons (Fsp3) is 0.938. The Morgan fingerprint density at radius 2 is 1.83 bits per heavy atom. The fourth-order valence-electron chi connectivity index (χ4n) is 2.49. The number of fused-ring (bicyclic) bond motifs is 1. The Morgan fingerprint density at radius 1 is 1.21 bits per heavy atom. The van der Waals surface area contributed by atoms with Crippen LogP contribution in [0, 0.1) is 0 Å². The van der Waals surface area contributed by atoms with Gasteiger partial charge in [-0.3, -0.25) is 0 Å². The van der Waals surface area contributed by atoms with Gasteiger partial charge in [-0.1, -0.05) is 20.8 Å². The fourth-order valence-corrected chi connectivity index (χ4v) is 3.50. The van der Waals surface area contributed by atoms with E-state index in [0.717, 1.165) is 0 Å². The Balaban J connectivity index is 2.07. The van der Waals surface area contributed by atoms with Crippen LogP contribution in [0.4, 0.5) is 4.79 Å². The first-order valence-electron chi connectivity index (χ1n) is 8.26. The van der Waals surface area contributed by atoms with Crippen molar-refractivity contribution in [3.05, 3.63) is 0 Å². The largest absolute Gasteiger partial charge is 0.508 e. The van der Waals surface area contributed by atoms with E-state index in [0.29, 0.717) is 6.61 Å². The summed E-state index contributed by atoms with van der Waals surface area (Å²) < 4.78 is 33.7. The Morgan fingerprint density at radius 3 is 2.38 bits per heavy atom. The van der Waals surface area contributed by atoms with Crippen molar-refractivity contribution in [1.29, 1.82) is 0 Å². The number of methoxy groups -OCH3 is 1. The van der Waals surface area contributed by atoms with Gasteiger partial charge in [-0.05, 0) is 32.0 Å². The standard InChI is InChI=1S/C16H30O7Si/c1-15(2,3)24(7,8)19-9-10-11(21-14(17)18-6)12-13(20-10)23-16(4,5)22-12/h10-13H,9H2,1-8H3/t10-,11+,12-,13-/m1/s1. The summed E-state index contributed by atoms with van der Waals surface area (Å²) >= 11 is 0. The average Bonchev–Trinajstić information content (AvgIpc) is 2.88. The molecule has 2 rings (SSSR count). The molecule has 0 spiro atoms. The van der Waals surface area contributed by atoms with Crippen LogP contribution in [0.2, 0.25) is 18.1 Å². The number of rotatable bonds is 4. The van der Waals surface area contributed by atoms with Gasteiger partial charge in [0, 0.05) is 0 Å². The highest BCUT2D eigenvalue weighted by atomic mass is 28.4. The highest BCUT2D eigenvalue weighted by Gasteiger charge is 2.57. The van der Waals surface area contributed by atoms with Gasteiger partial charge in [-0.15, -0.1) is 0 Å². The molecule has 2 saturated heterocycles. The summed E-state index contributed by atoms with van der Waals surface area (Å²) in [6, 6.07) is 0. The molecule has 0 amide bonds. The average molecular weight is 362 g/mol. The first kappa shape index (κ1) is 19.6. The molecule has 0 unspecified atom stereocenters. The van der Waals surface area contributed by atoms with Crippen LogP contribution in [0.3, 0.4) is 0 Å². The van der Waals surface area contributed by atoms with E-state index in [2.05, 4.69) is 38.6 Å². The summed E-state index contributed by atoms with van der Waals surface area (Å²) in [6.07, 6.45) is -2.93. The normalized spacial score (nSPS) is 32.5. The van der Waals surface area contributed by atoms with E-state index in [-0.39, 0.29) is 5.04 Å². The zero-order valence-corrected chi connectivity index (χ0v) is 16.9. The van der Waals surface area contributed by atoms with Gasteiger partial charge in [-0.25, -0.2) is 4.79 Å². The van der Waals surface area contributed by atoms with Gasteiger partial charge in [0.1, 0.15) is 6.10 Å². The lowest BCUT2D eigenvalue weighted by Gasteiger charge is -2.37. The molecule has 2 heterocycles. The maximum absolute atomic E-state index is 11.6. The summed E-state index contributed by atoms with van der Waals surface area (Å²) in [5, 5.41) is 0.0785. The van der Waals surface area contributed by atoms with Crippen LogP contribution in [0.25, 0.3) is 0 Å². The molecule has 140 valence electrons. The number of carbonyl (C=O) groups is 1. The minimum absolute atomic E-state index is 0.0785. The van der Waals surface area contributed by atoms with Crippen molar-refractivity contribution in [2.75, 3.05) is 13.7 Å². The SMILES string of the molecule is COC(=O)O[C@@H]1[C@H]2OC(C)(C)O[C@H]2O[C@@H]1CO[Si](C)(C)C(C)(C)C. The number of hydrogen-bond donors (Lipinski definition) is 0. The van der Waals surface area contributed by atoms with E-state index < -0.39 is 44.9 Å². The third-order valence-electron chi connectivity index (χ3n) is 4.90. The van der Waals surface area contributed by atoms with Crippen LogP contribution in [0.5, 0.6) is 0 Å². The Hall–Kier alpha value is -0.673. The molecule has 2 aliphatic rings. The van der Waals surface area contributed by atoms with Crippen LogP contribution < -0.4 is 0 Å². The Kier molecular flexibility index (Phi) is 5.38. The van der Waals surface area contributed by atoms with Crippen molar-refractivity contribution < 1.29 is 32.9 Å². The van der Waals surface area contributed by atoms with Gasteiger partial charge in [-0.2, -0.15) is 0 Å². The Bertz CT molecular complexity index is 472. The molecule has 8 heteroatoms. The maximum Gasteiger partial charge on any atom is 0.508 e. The molecule has 24 heavy (non-hydrogen) atoms. The lowest BCUT2D eigenvalue weighted by Crippen LogP contribution is -2.46. The van der Waals surface area contributed by atoms with Crippen LogP contribution >= 0.6 is 0 Å². The zero-order valence-electron chi connectivity index (χ0n) is 15.9. The Labute approximate surface area is 145 Å². The highest BCUT2D eigenvalue weighted by Crippen LogP contribution is 2.41. The second-order valence-electron chi connectivity index (χ2n) is 8.25. The molecule has 0 N–H and O–H groups in total. The predicted octanol–water partition coefficient (Wildman–Crippen LogP) is 3.04. The minimum Gasteiger partial charge on any atom is -0.438 e. The van der Waals surface area contributed by atoms with Crippen molar-refractivity contribution in [1.82, 2.24) is 0 Å². The molecule has 4 atom stereocenters. The lowest BCUT2D eigenvalue weighted by molar-refractivity contribution is -0.218. The van der Waals surface area contributed by atoms with Crippen molar-refractivity contribution in [2.24, 2.45) is 0 Å². The molecule has 2 fully saturated rings. The second-order valence-corrected chi connectivity index (χ2v) is 13.1. The van der Waals surface area contributed by atoms with Crippen molar-refractivity contribution >= 4 is 14.5 Å². The third kappa shape index (κ3) is 4.11. The minimum atomic E-state index is -1.95. The summed E-state index contributed by atoms with van der Waals surface area (Å²) in [6.45, 7) is 14.7. The molecule has 0 bridgehead atoms. The summed E-state index contributed by atoms with van der Waals surface area (Å²) in [5.41, 5.74) is 0. The molecule has 0 aliphatic carbocycles. The van der Waals surface area contributed by atoms with Crippen LogP contribution in [0.1, 0.15) is 34.6 Å². The topological polar surface area (TPSA) is 72.5 Å². The van der Waals surface area contributed by atoms with E-state index in [1.165, 1.54) is 7.11 Å². The summed E-state index contributed by atoms with van der Waals surface area (Å²) in [4.78, 5) is 11.6. The predicted molar refractivity (Wildman–Crippen MR) is 89.1 cm³/mol. The summed E-state index contributed by atoms with van der Waals surface area (Å²) in [5.74, 6) is -0.779. The van der Waals surface area contributed by atoms with E-state index in [9.17, 15) is 4.79 Å². The first-order valence-corrected chi connectivity index (χ1v) is 11.2.